The van der Waals surface area contributed by atoms with Crippen molar-refractivity contribution in [2.75, 3.05) is 25.6 Å². The summed E-state index contributed by atoms with van der Waals surface area (Å²) in [7, 11) is 1.36. The Bertz CT molecular complexity index is 399. The van der Waals surface area contributed by atoms with Crippen molar-refractivity contribution in [1.29, 1.82) is 0 Å². The molecule has 1 aromatic rings. The third-order valence-electron chi connectivity index (χ3n) is 2.81. The zero-order chi connectivity index (χ0) is 12.3. The molecule has 17 heavy (non-hydrogen) atoms. The lowest BCUT2D eigenvalue weighted by Gasteiger charge is -2.22. The highest BCUT2D eigenvalue weighted by molar-refractivity contribution is 7.17. The van der Waals surface area contributed by atoms with Crippen LogP contribution in [0.2, 0.25) is 0 Å². The van der Waals surface area contributed by atoms with Crippen LogP contribution in [-0.4, -0.2) is 36.8 Å². The molecular weight excluding hydrogens is 240 g/mol. The maximum Gasteiger partial charge on any atom is 0.349 e. The van der Waals surface area contributed by atoms with Crippen molar-refractivity contribution >= 4 is 22.4 Å². The number of nitrogens with zero attached hydrogens (tertiary/aromatic N) is 1. The van der Waals surface area contributed by atoms with Crippen LogP contribution in [0.4, 0.5) is 5.13 Å². The normalized spacial score (nSPS) is 23.6. The first-order valence-corrected chi connectivity index (χ1v) is 6.37. The number of carbonyl (C=O) groups excluding carboxylic acids is 1. The Kier molecular flexibility index (Phi) is 3.63. The first-order valence-electron chi connectivity index (χ1n) is 5.55. The van der Waals surface area contributed by atoms with Gasteiger partial charge in [0.25, 0.3) is 0 Å². The molecule has 0 aliphatic carbocycles. The number of ether oxygens (including phenoxy) is 2. The smallest absolute Gasteiger partial charge is 0.349 e. The summed E-state index contributed by atoms with van der Waals surface area (Å²) in [4.78, 5) is 15.9. The fourth-order valence-corrected chi connectivity index (χ4v) is 2.52. The molecule has 94 valence electrons. The van der Waals surface area contributed by atoms with Crippen molar-refractivity contribution in [2.24, 2.45) is 0 Å². The SMILES string of the molecule is COC(=O)c1cnc(NCC2(C)CCCO2)s1. The monoisotopic (exact) mass is 256 g/mol. The van der Waals surface area contributed by atoms with Gasteiger partial charge in [-0.25, -0.2) is 9.78 Å². The van der Waals surface area contributed by atoms with Crippen molar-refractivity contribution in [3.63, 3.8) is 0 Å². The minimum absolute atomic E-state index is 0.114. The molecule has 1 fully saturated rings. The van der Waals surface area contributed by atoms with Crippen molar-refractivity contribution in [1.82, 2.24) is 4.98 Å². The average molecular weight is 256 g/mol. The molecule has 0 spiro atoms. The molecule has 1 unspecified atom stereocenters. The Morgan fingerprint density at radius 3 is 3.24 bits per heavy atom. The van der Waals surface area contributed by atoms with Gasteiger partial charge in [0, 0.05) is 13.2 Å². The molecule has 1 saturated heterocycles. The van der Waals surface area contributed by atoms with Crippen LogP contribution < -0.4 is 5.32 Å². The molecule has 0 amide bonds. The Hall–Kier alpha value is -1.14. The van der Waals surface area contributed by atoms with E-state index in [2.05, 4.69) is 22.0 Å². The number of hydrogen-bond donors (Lipinski definition) is 1. The number of rotatable bonds is 4. The average Bonchev–Trinajstić information content (AvgIpc) is 2.95. The molecule has 1 aromatic heterocycles. The topological polar surface area (TPSA) is 60.5 Å². The van der Waals surface area contributed by atoms with Crippen LogP contribution in [0.25, 0.3) is 0 Å². The minimum atomic E-state index is -0.348. The quantitative estimate of drug-likeness (QED) is 0.834. The lowest BCUT2D eigenvalue weighted by atomic mass is 10.0. The largest absolute Gasteiger partial charge is 0.465 e. The Morgan fingerprint density at radius 2 is 2.59 bits per heavy atom. The van der Waals surface area contributed by atoms with Crippen LogP contribution in [0, 0.1) is 0 Å². The Balaban J connectivity index is 1.91. The predicted molar refractivity (Wildman–Crippen MR) is 65.5 cm³/mol. The molecule has 6 heteroatoms. The molecule has 2 rings (SSSR count). The third-order valence-corrected chi connectivity index (χ3v) is 3.74. The molecule has 0 aromatic carbocycles. The van der Waals surface area contributed by atoms with Crippen LogP contribution in [0.1, 0.15) is 29.4 Å². The number of esters is 1. The van der Waals surface area contributed by atoms with Gasteiger partial charge in [-0.1, -0.05) is 11.3 Å². The fraction of sp³-hybridized carbons (Fsp3) is 0.636. The molecule has 1 aliphatic heterocycles. The summed E-state index contributed by atoms with van der Waals surface area (Å²) >= 11 is 1.30. The van der Waals surface area contributed by atoms with E-state index in [0.717, 1.165) is 24.6 Å². The lowest BCUT2D eigenvalue weighted by Crippen LogP contribution is -2.32. The number of nitrogens with one attached hydrogen (secondary N) is 1. The maximum atomic E-state index is 11.2. The van der Waals surface area contributed by atoms with Crippen LogP contribution in [0.3, 0.4) is 0 Å². The molecule has 0 saturated carbocycles. The van der Waals surface area contributed by atoms with E-state index in [-0.39, 0.29) is 11.6 Å². The van der Waals surface area contributed by atoms with E-state index < -0.39 is 0 Å². The van der Waals surface area contributed by atoms with Gasteiger partial charge in [-0.3, -0.25) is 0 Å². The van der Waals surface area contributed by atoms with Gasteiger partial charge in [-0.05, 0) is 19.8 Å². The predicted octanol–water partition coefficient (Wildman–Crippen LogP) is 1.91. The highest BCUT2D eigenvalue weighted by Gasteiger charge is 2.29. The van der Waals surface area contributed by atoms with Gasteiger partial charge >= 0.3 is 5.97 Å². The van der Waals surface area contributed by atoms with Gasteiger partial charge in [-0.15, -0.1) is 0 Å². The second kappa shape index (κ2) is 5.01. The second-order valence-electron chi connectivity index (χ2n) is 4.28. The van der Waals surface area contributed by atoms with Gasteiger partial charge in [0.2, 0.25) is 0 Å². The summed E-state index contributed by atoms with van der Waals surface area (Å²) in [5.74, 6) is -0.348. The van der Waals surface area contributed by atoms with Crippen molar-refractivity contribution in [2.45, 2.75) is 25.4 Å². The Morgan fingerprint density at radius 1 is 1.76 bits per heavy atom. The minimum Gasteiger partial charge on any atom is -0.465 e. The van der Waals surface area contributed by atoms with Crippen LogP contribution in [0.5, 0.6) is 0 Å². The summed E-state index contributed by atoms with van der Waals surface area (Å²) in [5.41, 5.74) is -0.114. The zero-order valence-corrected chi connectivity index (χ0v) is 10.8. The van der Waals surface area contributed by atoms with Crippen LogP contribution in [0.15, 0.2) is 6.20 Å². The molecule has 5 nitrogen and oxygen atoms in total. The van der Waals surface area contributed by atoms with E-state index in [1.165, 1.54) is 24.6 Å². The number of anilines is 1. The zero-order valence-electron chi connectivity index (χ0n) is 9.99. The van der Waals surface area contributed by atoms with Crippen molar-refractivity contribution in [3.8, 4) is 0 Å². The van der Waals surface area contributed by atoms with Gasteiger partial charge in [-0.2, -0.15) is 0 Å². The van der Waals surface area contributed by atoms with E-state index in [9.17, 15) is 4.79 Å². The number of carbonyl (C=O) groups is 1. The van der Waals surface area contributed by atoms with Gasteiger partial charge < -0.3 is 14.8 Å². The first-order chi connectivity index (χ1) is 8.13. The number of aromatic nitrogens is 1. The summed E-state index contributed by atoms with van der Waals surface area (Å²) in [6, 6.07) is 0. The summed E-state index contributed by atoms with van der Waals surface area (Å²) in [6.45, 7) is 3.62. The van der Waals surface area contributed by atoms with E-state index in [4.69, 9.17) is 4.74 Å². The van der Waals surface area contributed by atoms with E-state index in [0.29, 0.717) is 11.4 Å². The standard InChI is InChI=1S/C11H16N2O3S/c1-11(4-3-5-16-11)7-13-10-12-6-8(17-10)9(14)15-2/h6H,3-5,7H2,1-2H3,(H,12,13). The highest BCUT2D eigenvalue weighted by atomic mass is 32.1. The van der Waals surface area contributed by atoms with Crippen molar-refractivity contribution < 1.29 is 14.3 Å². The number of thiazole rings is 1. The van der Waals surface area contributed by atoms with Gasteiger partial charge in [0.1, 0.15) is 4.88 Å². The second-order valence-corrected chi connectivity index (χ2v) is 5.31. The lowest BCUT2D eigenvalue weighted by molar-refractivity contribution is 0.0315. The summed E-state index contributed by atoms with van der Waals surface area (Å²) in [6.07, 6.45) is 3.68. The number of hydrogen-bond acceptors (Lipinski definition) is 6. The van der Waals surface area contributed by atoms with E-state index >= 15 is 0 Å². The summed E-state index contributed by atoms with van der Waals surface area (Å²) in [5, 5.41) is 3.93. The molecular formula is C11H16N2O3S. The maximum absolute atomic E-state index is 11.2. The van der Waals surface area contributed by atoms with Crippen LogP contribution >= 0.6 is 11.3 Å². The molecule has 0 radical (unpaired) electrons. The van der Waals surface area contributed by atoms with Gasteiger partial charge in [0.05, 0.1) is 18.9 Å². The van der Waals surface area contributed by atoms with Crippen LogP contribution in [-0.2, 0) is 9.47 Å². The van der Waals surface area contributed by atoms with E-state index in [1.54, 1.807) is 0 Å². The number of methoxy groups -OCH3 is 1. The third kappa shape index (κ3) is 2.95. The molecule has 1 atom stereocenters. The first kappa shape index (κ1) is 12.3. The van der Waals surface area contributed by atoms with Gasteiger partial charge in [0.15, 0.2) is 5.13 Å². The van der Waals surface area contributed by atoms with E-state index in [1.807, 2.05) is 0 Å². The molecule has 2 heterocycles. The fourth-order valence-electron chi connectivity index (χ4n) is 1.79. The molecule has 1 aliphatic rings. The Labute approximate surface area is 104 Å². The van der Waals surface area contributed by atoms with Crippen molar-refractivity contribution in [3.05, 3.63) is 11.1 Å². The molecule has 1 N–H and O–H groups in total. The summed E-state index contributed by atoms with van der Waals surface area (Å²) < 4.78 is 10.3. The molecule has 0 bridgehead atoms. The highest BCUT2D eigenvalue weighted by Crippen LogP contribution is 2.26.